The van der Waals surface area contributed by atoms with Crippen molar-refractivity contribution in [3.8, 4) is 0 Å². The second-order valence-electron chi connectivity index (χ2n) is 12.2. The number of hydrogen-bond donors (Lipinski definition) is 1. The summed E-state index contributed by atoms with van der Waals surface area (Å²) < 4.78 is 41.8. The molecule has 1 aliphatic heterocycles. The second kappa shape index (κ2) is 9.47. The minimum absolute atomic E-state index is 0.0634. The van der Waals surface area contributed by atoms with Gasteiger partial charge in [-0.15, -0.1) is 0 Å². The largest absolute Gasteiger partial charge is 0.481 e. The SMILES string of the molecule is CC(C)(C)c1ccc2c(c1)CCC1N(C(=O)C3CCC(C(=O)O)CC3)CCC21S(=O)(=O)c1cccc(F)c1. The van der Waals surface area contributed by atoms with Crippen LogP contribution in [0.25, 0.3) is 0 Å². The molecule has 1 N–H and O–H groups in total. The summed E-state index contributed by atoms with van der Waals surface area (Å²) in [6.45, 7) is 6.66. The minimum atomic E-state index is -4.07. The third kappa shape index (κ3) is 4.25. The van der Waals surface area contributed by atoms with Gasteiger partial charge in [0.15, 0.2) is 9.84 Å². The standard InChI is InChI=1S/C30H36FNO5S/c1-29(2,3)22-12-13-25-21(17-22)11-14-26-30(25,38(36,37)24-6-4-5-23(31)18-24)15-16-32(26)27(33)19-7-9-20(10-8-19)28(34)35/h4-6,12-13,17-20,26H,7-11,14-16H2,1-3H3,(H,34,35). The summed E-state index contributed by atoms with van der Waals surface area (Å²) in [6.07, 6.45) is 3.30. The zero-order valence-electron chi connectivity index (χ0n) is 22.2. The topological polar surface area (TPSA) is 91.8 Å². The zero-order chi connectivity index (χ0) is 27.5. The summed E-state index contributed by atoms with van der Waals surface area (Å²) >= 11 is 0. The van der Waals surface area contributed by atoms with Gasteiger partial charge in [0.2, 0.25) is 5.91 Å². The molecule has 6 nitrogen and oxygen atoms in total. The third-order valence-electron chi connectivity index (χ3n) is 9.05. The Labute approximate surface area is 224 Å². The van der Waals surface area contributed by atoms with Gasteiger partial charge in [-0.25, -0.2) is 12.8 Å². The van der Waals surface area contributed by atoms with Gasteiger partial charge in [0.25, 0.3) is 0 Å². The van der Waals surface area contributed by atoms with Crippen LogP contribution >= 0.6 is 0 Å². The van der Waals surface area contributed by atoms with E-state index in [1.165, 1.54) is 18.2 Å². The van der Waals surface area contributed by atoms with Crippen LogP contribution in [0.3, 0.4) is 0 Å². The Morgan fingerprint density at radius 2 is 1.68 bits per heavy atom. The lowest BCUT2D eigenvalue weighted by molar-refractivity contribution is -0.146. The summed E-state index contributed by atoms with van der Waals surface area (Å²) in [4.78, 5) is 26.9. The molecule has 1 heterocycles. The minimum Gasteiger partial charge on any atom is -0.481 e. The van der Waals surface area contributed by atoms with Gasteiger partial charge in [0.05, 0.1) is 16.9 Å². The summed E-state index contributed by atoms with van der Waals surface area (Å²) in [5.41, 5.74) is 2.71. The van der Waals surface area contributed by atoms with Gasteiger partial charge in [-0.1, -0.05) is 45.0 Å². The number of carboxylic acid groups (broad SMARTS) is 1. The number of halogens is 1. The van der Waals surface area contributed by atoms with Crippen molar-refractivity contribution in [1.82, 2.24) is 4.90 Å². The first-order valence-electron chi connectivity index (χ1n) is 13.5. The van der Waals surface area contributed by atoms with Crippen molar-refractivity contribution >= 4 is 21.7 Å². The number of fused-ring (bicyclic) bond motifs is 3. The smallest absolute Gasteiger partial charge is 0.306 e. The van der Waals surface area contributed by atoms with Gasteiger partial charge in [0, 0.05) is 12.5 Å². The van der Waals surface area contributed by atoms with E-state index in [0.29, 0.717) is 45.1 Å². The monoisotopic (exact) mass is 541 g/mol. The number of nitrogens with zero attached hydrogens (tertiary/aromatic N) is 1. The Bertz CT molecular complexity index is 1370. The Morgan fingerprint density at radius 3 is 2.32 bits per heavy atom. The number of aliphatic carboxylic acids is 1. The molecule has 1 amide bonds. The number of likely N-dealkylation sites (tertiary alicyclic amines) is 1. The van der Waals surface area contributed by atoms with E-state index < -0.39 is 38.3 Å². The number of benzene rings is 2. The first-order valence-corrected chi connectivity index (χ1v) is 15.0. The lowest BCUT2D eigenvalue weighted by Crippen LogP contribution is -2.53. The van der Waals surface area contributed by atoms with Crippen LogP contribution in [-0.2, 0) is 36.0 Å². The maximum Gasteiger partial charge on any atom is 0.306 e. The van der Waals surface area contributed by atoms with Gasteiger partial charge in [-0.3, -0.25) is 9.59 Å². The molecule has 204 valence electrons. The molecule has 0 aromatic heterocycles. The van der Waals surface area contributed by atoms with Crippen LogP contribution in [0.2, 0.25) is 0 Å². The van der Waals surface area contributed by atoms with Crippen molar-refractivity contribution in [1.29, 1.82) is 0 Å². The van der Waals surface area contributed by atoms with E-state index in [9.17, 15) is 27.5 Å². The Kier molecular flexibility index (Phi) is 6.69. The van der Waals surface area contributed by atoms with E-state index in [4.69, 9.17) is 0 Å². The molecule has 38 heavy (non-hydrogen) atoms. The lowest BCUT2D eigenvalue weighted by atomic mass is 9.75. The maximum atomic E-state index is 14.5. The van der Waals surface area contributed by atoms with Gasteiger partial charge in [-0.05, 0) is 85.3 Å². The fourth-order valence-corrected chi connectivity index (χ4v) is 9.32. The number of carbonyl (C=O) groups is 2. The number of sulfone groups is 1. The molecule has 8 heteroatoms. The molecule has 2 atom stereocenters. The van der Waals surface area contributed by atoms with Crippen LogP contribution in [0, 0.1) is 17.7 Å². The van der Waals surface area contributed by atoms with Gasteiger partial charge in [-0.2, -0.15) is 0 Å². The number of amides is 1. The van der Waals surface area contributed by atoms with Crippen LogP contribution in [0.15, 0.2) is 47.4 Å². The van der Waals surface area contributed by atoms with E-state index in [1.807, 2.05) is 12.1 Å². The van der Waals surface area contributed by atoms with Crippen LogP contribution in [0.4, 0.5) is 4.39 Å². The first kappa shape index (κ1) is 26.9. The van der Waals surface area contributed by atoms with Crippen LogP contribution < -0.4 is 0 Å². The van der Waals surface area contributed by atoms with Crippen LogP contribution in [0.5, 0.6) is 0 Å². The van der Waals surface area contributed by atoms with Crippen molar-refractivity contribution in [2.45, 2.75) is 86.8 Å². The van der Waals surface area contributed by atoms with Crippen molar-refractivity contribution < 1.29 is 27.5 Å². The van der Waals surface area contributed by atoms with Crippen LogP contribution in [-0.4, -0.2) is 42.9 Å². The van der Waals surface area contributed by atoms with E-state index >= 15 is 0 Å². The highest BCUT2D eigenvalue weighted by atomic mass is 32.2. The first-order chi connectivity index (χ1) is 17.9. The molecule has 2 aromatic rings. The third-order valence-corrected chi connectivity index (χ3v) is 11.6. The van der Waals surface area contributed by atoms with E-state index in [0.717, 1.165) is 22.8 Å². The highest BCUT2D eigenvalue weighted by Gasteiger charge is 2.61. The van der Waals surface area contributed by atoms with Crippen molar-refractivity contribution in [3.63, 3.8) is 0 Å². The molecule has 0 bridgehead atoms. The predicted octanol–water partition coefficient (Wildman–Crippen LogP) is 5.23. The van der Waals surface area contributed by atoms with E-state index in [1.54, 1.807) is 4.90 Å². The Hall–Kier alpha value is -2.74. The molecule has 2 unspecified atom stereocenters. The number of rotatable bonds is 4. The number of hydrogen-bond acceptors (Lipinski definition) is 4. The van der Waals surface area contributed by atoms with Crippen LogP contribution in [0.1, 0.15) is 76.0 Å². The molecule has 5 rings (SSSR count). The normalized spacial score (nSPS) is 27.5. The number of aryl methyl sites for hydroxylation is 1. The van der Waals surface area contributed by atoms with Gasteiger partial charge >= 0.3 is 5.97 Å². The summed E-state index contributed by atoms with van der Waals surface area (Å²) in [5.74, 6) is -2.24. The quantitative estimate of drug-likeness (QED) is 0.572. The highest BCUT2D eigenvalue weighted by molar-refractivity contribution is 7.92. The molecular weight excluding hydrogens is 505 g/mol. The molecular formula is C30H36FNO5S. The lowest BCUT2D eigenvalue weighted by Gasteiger charge is -2.43. The number of carboxylic acids is 1. The Balaban J connectivity index is 1.58. The Morgan fingerprint density at radius 1 is 1.00 bits per heavy atom. The maximum absolute atomic E-state index is 14.5. The number of carbonyl (C=O) groups excluding carboxylic acids is 1. The second-order valence-corrected chi connectivity index (χ2v) is 14.4. The molecule has 0 spiro atoms. The van der Waals surface area contributed by atoms with E-state index in [2.05, 4.69) is 26.8 Å². The highest BCUT2D eigenvalue weighted by Crippen LogP contribution is 2.53. The molecule has 0 radical (unpaired) electrons. The fourth-order valence-electron chi connectivity index (χ4n) is 6.92. The van der Waals surface area contributed by atoms with Crippen molar-refractivity contribution in [2.75, 3.05) is 6.54 Å². The fraction of sp³-hybridized carbons (Fsp3) is 0.533. The average Bonchev–Trinajstić information content (AvgIpc) is 3.29. The zero-order valence-corrected chi connectivity index (χ0v) is 23.1. The molecule has 2 aliphatic carbocycles. The predicted molar refractivity (Wildman–Crippen MR) is 142 cm³/mol. The average molecular weight is 542 g/mol. The molecule has 1 saturated heterocycles. The molecule has 2 aromatic carbocycles. The molecule has 1 saturated carbocycles. The van der Waals surface area contributed by atoms with Gasteiger partial charge < -0.3 is 10.0 Å². The summed E-state index contributed by atoms with van der Waals surface area (Å²) in [5, 5.41) is 9.35. The van der Waals surface area contributed by atoms with Crippen molar-refractivity contribution in [2.24, 2.45) is 11.8 Å². The molecule has 2 fully saturated rings. The van der Waals surface area contributed by atoms with E-state index in [-0.39, 0.29) is 28.6 Å². The molecule has 3 aliphatic rings. The van der Waals surface area contributed by atoms with Crippen molar-refractivity contribution in [3.05, 3.63) is 65.0 Å². The summed E-state index contributed by atoms with van der Waals surface area (Å²) in [6, 6.07) is 10.6. The van der Waals surface area contributed by atoms with Gasteiger partial charge in [0.1, 0.15) is 10.6 Å². The summed E-state index contributed by atoms with van der Waals surface area (Å²) in [7, 11) is -4.07.